The van der Waals surface area contributed by atoms with Crippen molar-refractivity contribution in [1.29, 1.82) is 0 Å². The number of likely N-dealkylation sites (tertiary alicyclic amines) is 2. The number of Topliss-reactive ketones (excluding diaryl/α,β-unsaturated/α-hetero) is 1. The Morgan fingerprint density at radius 2 is 1.29 bits per heavy atom. The van der Waals surface area contributed by atoms with Crippen LogP contribution in [0.4, 0.5) is 0 Å². The lowest BCUT2D eigenvalue weighted by Crippen LogP contribution is -2.43. The van der Waals surface area contributed by atoms with Crippen LogP contribution in [0.15, 0.2) is 71.8 Å². The van der Waals surface area contributed by atoms with Gasteiger partial charge in [-0.05, 0) is 49.2 Å². The van der Waals surface area contributed by atoms with Crippen molar-refractivity contribution in [2.75, 3.05) is 32.7 Å². The van der Waals surface area contributed by atoms with Crippen LogP contribution in [0, 0.1) is 0 Å². The summed E-state index contributed by atoms with van der Waals surface area (Å²) in [6, 6.07) is 19.7. The van der Waals surface area contributed by atoms with Crippen molar-refractivity contribution < 1.29 is 9.59 Å². The fourth-order valence-electron chi connectivity index (χ4n) is 4.31. The highest BCUT2D eigenvalue weighted by Gasteiger charge is 2.29. The molecule has 2 aromatic rings. The van der Waals surface area contributed by atoms with Crippen LogP contribution in [0.25, 0.3) is 12.2 Å². The van der Waals surface area contributed by atoms with Gasteiger partial charge in [0.05, 0.1) is 0 Å². The lowest BCUT2D eigenvalue weighted by Gasteiger charge is -2.31. The molecule has 2 heterocycles. The minimum atomic E-state index is 0.0350. The number of carbonyl (C=O) groups is 2. The zero-order valence-electron chi connectivity index (χ0n) is 18.0. The van der Waals surface area contributed by atoms with E-state index in [2.05, 4.69) is 4.90 Å². The first kappa shape index (κ1) is 21.3. The molecule has 0 radical (unpaired) electrons. The highest BCUT2D eigenvalue weighted by atomic mass is 16.2. The number of nitrogens with zero attached hydrogens (tertiary/aromatic N) is 2. The summed E-state index contributed by atoms with van der Waals surface area (Å²) in [6.45, 7) is 3.73. The second-order valence-corrected chi connectivity index (χ2v) is 8.39. The van der Waals surface area contributed by atoms with Crippen LogP contribution < -0.4 is 0 Å². The maximum Gasteiger partial charge on any atom is 0.224 e. The molecule has 2 fully saturated rings. The minimum Gasteiger partial charge on any atom is -0.334 e. The molecular weight excluding hydrogens is 384 g/mol. The van der Waals surface area contributed by atoms with Gasteiger partial charge in [0.25, 0.3) is 0 Å². The molecule has 0 N–H and O–H groups in total. The summed E-state index contributed by atoms with van der Waals surface area (Å²) in [5, 5.41) is 0. The fraction of sp³-hybridized carbons (Fsp3) is 0.333. The molecule has 2 saturated heterocycles. The van der Waals surface area contributed by atoms with Gasteiger partial charge < -0.3 is 9.80 Å². The predicted octanol–water partition coefficient (Wildman–Crippen LogP) is 4.44. The van der Waals surface area contributed by atoms with Crippen molar-refractivity contribution in [1.82, 2.24) is 9.80 Å². The normalized spacial score (nSPS) is 20.4. The molecule has 0 aliphatic carbocycles. The molecule has 2 aromatic carbocycles. The van der Waals surface area contributed by atoms with Crippen LogP contribution in [0.2, 0.25) is 0 Å². The number of rotatable bonds is 5. The number of amides is 1. The van der Waals surface area contributed by atoms with E-state index in [1.165, 1.54) is 19.3 Å². The van der Waals surface area contributed by atoms with Crippen molar-refractivity contribution in [2.24, 2.45) is 0 Å². The summed E-state index contributed by atoms with van der Waals surface area (Å²) >= 11 is 0. The van der Waals surface area contributed by atoms with E-state index in [0.717, 1.165) is 30.8 Å². The smallest absolute Gasteiger partial charge is 0.224 e. The predicted molar refractivity (Wildman–Crippen MR) is 125 cm³/mol. The molecule has 1 amide bonds. The van der Waals surface area contributed by atoms with Crippen molar-refractivity contribution in [3.05, 3.63) is 82.9 Å². The van der Waals surface area contributed by atoms with E-state index < -0.39 is 0 Å². The Morgan fingerprint density at radius 3 is 1.81 bits per heavy atom. The van der Waals surface area contributed by atoms with Crippen LogP contribution >= 0.6 is 0 Å². The van der Waals surface area contributed by atoms with Gasteiger partial charge in [-0.3, -0.25) is 9.59 Å². The summed E-state index contributed by atoms with van der Waals surface area (Å²) in [7, 11) is 0. The lowest BCUT2D eigenvalue weighted by molar-refractivity contribution is -0.131. The van der Waals surface area contributed by atoms with Gasteiger partial charge in [0, 0.05) is 37.2 Å². The van der Waals surface area contributed by atoms with E-state index in [-0.39, 0.29) is 11.7 Å². The number of hydrogen-bond acceptors (Lipinski definition) is 3. The average molecular weight is 415 g/mol. The molecule has 0 atom stereocenters. The second kappa shape index (κ2) is 10.4. The van der Waals surface area contributed by atoms with Gasteiger partial charge in [-0.2, -0.15) is 0 Å². The highest BCUT2D eigenvalue weighted by Crippen LogP contribution is 2.23. The lowest BCUT2D eigenvalue weighted by atomic mass is 9.94. The molecule has 4 rings (SSSR count). The zero-order chi connectivity index (χ0) is 21.5. The van der Waals surface area contributed by atoms with Crippen LogP contribution in [-0.4, -0.2) is 54.2 Å². The first-order chi connectivity index (χ1) is 15.2. The Kier molecular flexibility index (Phi) is 7.11. The molecule has 2 aliphatic heterocycles. The molecule has 0 bridgehead atoms. The first-order valence-electron chi connectivity index (χ1n) is 11.2. The molecule has 0 aromatic heterocycles. The van der Waals surface area contributed by atoms with Gasteiger partial charge in [0.15, 0.2) is 5.78 Å². The first-order valence-corrected chi connectivity index (χ1v) is 11.2. The number of ketones is 1. The fourth-order valence-corrected chi connectivity index (χ4v) is 4.31. The van der Waals surface area contributed by atoms with E-state index in [0.29, 0.717) is 30.7 Å². The Bertz CT molecular complexity index is 896. The van der Waals surface area contributed by atoms with Gasteiger partial charge in [-0.25, -0.2) is 0 Å². The van der Waals surface area contributed by atoms with E-state index >= 15 is 0 Å². The molecule has 0 saturated carbocycles. The van der Waals surface area contributed by atoms with Crippen LogP contribution in [0.5, 0.6) is 0 Å². The Labute approximate surface area is 184 Å². The standard InChI is InChI=1S/C27H30N2O2/c30-26(14-17-28-15-8-3-9-16-28)29-20-24(18-22-10-4-1-5-11-22)27(31)25(21-29)19-23-12-6-2-7-13-23/h1-2,4-7,10-13,18-19H,3,8-9,14-17,20-21H2. The number of hydrogen-bond donors (Lipinski definition) is 0. The quantitative estimate of drug-likeness (QED) is 0.679. The van der Waals surface area contributed by atoms with E-state index in [1.54, 1.807) is 0 Å². The summed E-state index contributed by atoms with van der Waals surface area (Å²) in [5.74, 6) is 0.156. The van der Waals surface area contributed by atoms with Crippen LogP contribution in [0.3, 0.4) is 0 Å². The third-order valence-electron chi connectivity index (χ3n) is 6.03. The van der Waals surface area contributed by atoms with Crippen LogP contribution in [-0.2, 0) is 9.59 Å². The molecule has 2 aliphatic rings. The number of benzene rings is 2. The van der Waals surface area contributed by atoms with E-state index in [1.807, 2.05) is 77.7 Å². The summed E-state index contributed by atoms with van der Waals surface area (Å²) < 4.78 is 0. The summed E-state index contributed by atoms with van der Waals surface area (Å²) in [4.78, 5) is 30.5. The van der Waals surface area contributed by atoms with Crippen molar-refractivity contribution in [3.8, 4) is 0 Å². The number of carbonyl (C=O) groups excluding carboxylic acids is 2. The summed E-state index contributed by atoms with van der Waals surface area (Å²) in [6.07, 6.45) is 8.09. The molecule has 0 unspecified atom stereocenters. The van der Waals surface area contributed by atoms with Gasteiger partial charge in [0.1, 0.15) is 0 Å². The average Bonchev–Trinajstić information content (AvgIpc) is 2.82. The highest BCUT2D eigenvalue weighted by molar-refractivity contribution is 6.15. The van der Waals surface area contributed by atoms with Crippen molar-refractivity contribution in [2.45, 2.75) is 25.7 Å². The third kappa shape index (κ3) is 5.80. The molecule has 0 spiro atoms. The molecular formula is C27H30N2O2. The minimum absolute atomic E-state index is 0.0350. The second-order valence-electron chi connectivity index (χ2n) is 8.39. The maximum absolute atomic E-state index is 13.2. The van der Waals surface area contributed by atoms with Gasteiger partial charge in [-0.15, -0.1) is 0 Å². The molecule has 160 valence electrons. The van der Waals surface area contributed by atoms with Crippen molar-refractivity contribution in [3.63, 3.8) is 0 Å². The Morgan fingerprint density at radius 1 is 0.774 bits per heavy atom. The Hall–Kier alpha value is -2.98. The zero-order valence-corrected chi connectivity index (χ0v) is 18.0. The SMILES string of the molecule is O=C1C(=Cc2ccccc2)CN(C(=O)CCN2CCCCC2)CC1=Cc1ccccc1. The monoisotopic (exact) mass is 414 g/mol. The topological polar surface area (TPSA) is 40.6 Å². The Balaban J connectivity index is 1.54. The molecule has 4 heteroatoms. The van der Waals surface area contributed by atoms with Crippen LogP contribution in [0.1, 0.15) is 36.8 Å². The molecule has 31 heavy (non-hydrogen) atoms. The van der Waals surface area contributed by atoms with Crippen molar-refractivity contribution >= 4 is 23.8 Å². The maximum atomic E-state index is 13.2. The summed E-state index contributed by atoms with van der Waals surface area (Å²) in [5.41, 5.74) is 3.30. The molecule has 4 nitrogen and oxygen atoms in total. The van der Waals surface area contributed by atoms with Gasteiger partial charge >= 0.3 is 0 Å². The van der Waals surface area contributed by atoms with Gasteiger partial charge in [-0.1, -0.05) is 67.1 Å². The third-order valence-corrected chi connectivity index (χ3v) is 6.03. The van der Waals surface area contributed by atoms with Gasteiger partial charge in [0.2, 0.25) is 5.91 Å². The van der Waals surface area contributed by atoms with E-state index in [9.17, 15) is 9.59 Å². The largest absolute Gasteiger partial charge is 0.334 e. The van der Waals surface area contributed by atoms with E-state index in [4.69, 9.17) is 0 Å². The number of piperidine rings is 2.